The average Bonchev–Trinajstić information content (AvgIpc) is 3.06. The van der Waals surface area contributed by atoms with Crippen LogP contribution in [0.25, 0.3) is 22.2 Å². The van der Waals surface area contributed by atoms with E-state index in [1.165, 1.54) is 0 Å². The average molecular weight is 405 g/mol. The van der Waals surface area contributed by atoms with Gasteiger partial charge in [0.2, 0.25) is 0 Å². The third-order valence-corrected chi connectivity index (χ3v) is 4.87. The number of nitrogens with zero attached hydrogens (tertiary/aromatic N) is 2. The lowest BCUT2D eigenvalue weighted by Gasteiger charge is -2.16. The Morgan fingerprint density at radius 1 is 1.17 bits per heavy atom. The molecule has 0 aliphatic carbocycles. The van der Waals surface area contributed by atoms with Crippen LogP contribution in [0.15, 0.2) is 42.5 Å². The minimum Gasteiger partial charge on any atom is -0.494 e. The molecule has 2 aromatic carbocycles. The Morgan fingerprint density at radius 3 is 2.50 bits per heavy atom. The first-order valence-corrected chi connectivity index (χ1v) is 10.4. The van der Waals surface area contributed by atoms with Gasteiger partial charge in [0.05, 0.1) is 23.4 Å². The number of amides is 2. The number of hydrogen-bond donors (Lipinski definition) is 2. The van der Waals surface area contributed by atoms with E-state index in [0.717, 1.165) is 34.3 Å². The second-order valence-electron chi connectivity index (χ2n) is 7.37. The predicted octanol–water partition coefficient (Wildman–Crippen LogP) is 5.69. The van der Waals surface area contributed by atoms with Crippen molar-refractivity contribution < 1.29 is 9.53 Å². The van der Waals surface area contributed by atoms with Crippen molar-refractivity contribution in [3.8, 4) is 23.1 Å². The summed E-state index contributed by atoms with van der Waals surface area (Å²) in [7, 11) is 0. The van der Waals surface area contributed by atoms with E-state index in [2.05, 4.69) is 35.1 Å². The summed E-state index contributed by atoms with van der Waals surface area (Å²) in [5.74, 6) is 0.790. The lowest BCUT2D eigenvalue weighted by Crippen LogP contribution is -2.29. The van der Waals surface area contributed by atoms with Gasteiger partial charge in [-0.3, -0.25) is 0 Å². The van der Waals surface area contributed by atoms with Crippen molar-refractivity contribution in [2.24, 2.45) is 0 Å². The van der Waals surface area contributed by atoms with Gasteiger partial charge in [-0.15, -0.1) is 0 Å². The zero-order valence-corrected chi connectivity index (χ0v) is 18.0. The number of anilines is 1. The molecule has 0 saturated carbocycles. The van der Waals surface area contributed by atoms with Gasteiger partial charge in [-0.25, -0.2) is 4.79 Å². The summed E-state index contributed by atoms with van der Waals surface area (Å²) in [6.45, 7) is 9.39. The summed E-state index contributed by atoms with van der Waals surface area (Å²) in [4.78, 5) is 11.9. The first-order chi connectivity index (χ1) is 14.5. The Labute approximate surface area is 177 Å². The van der Waals surface area contributed by atoms with Crippen LogP contribution in [0.2, 0.25) is 0 Å². The van der Waals surface area contributed by atoms with Crippen molar-refractivity contribution in [2.75, 3.05) is 18.5 Å². The van der Waals surface area contributed by atoms with Gasteiger partial charge in [0, 0.05) is 29.7 Å². The molecular weight excluding hydrogens is 376 g/mol. The van der Waals surface area contributed by atoms with Crippen molar-refractivity contribution in [1.82, 2.24) is 9.88 Å². The van der Waals surface area contributed by atoms with Gasteiger partial charge in [0.1, 0.15) is 11.8 Å². The number of aromatic nitrogens is 1. The van der Waals surface area contributed by atoms with Crippen LogP contribution in [0.5, 0.6) is 5.75 Å². The highest BCUT2D eigenvalue weighted by Gasteiger charge is 2.21. The molecule has 0 bridgehead atoms. The van der Waals surface area contributed by atoms with Crippen LogP contribution in [0, 0.1) is 11.3 Å². The number of benzene rings is 2. The molecule has 0 spiro atoms. The maximum atomic E-state index is 11.9. The number of carbonyl (C=O) groups is 1. The minimum atomic E-state index is -0.220. The molecule has 0 unspecified atom stereocenters. The standard InChI is InChI=1S/C24H28N4O2/c1-5-13-26-24(29)27-18-9-7-17(8-10-18)23-21(15-25)20-12-11-19(30-6-2)14-22(20)28(23)16(3)4/h7-12,14,16H,5-6,13H2,1-4H3,(H2,26,27,29). The molecule has 0 atom stereocenters. The van der Waals surface area contributed by atoms with Gasteiger partial charge in [-0.05, 0) is 57.0 Å². The van der Waals surface area contributed by atoms with Gasteiger partial charge in [0.25, 0.3) is 0 Å². The number of urea groups is 1. The fraction of sp³-hybridized carbons (Fsp3) is 0.333. The SMILES string of the molecule is CCCNC(=O)Nc1ccc(-c2c(C#N)c3ccc(OCC)cc3n2C(C)C)cc1. The van der Waals surface area contributed by atoms with Crippen LogP contribution in [0.1, 0.15) is 45.7 Å². The molecule has 2 amide bonds. The normalized spacial score (nSPS) is 10.8. The van der Waals surface area contributed by atoms with Crippen molar-refractivity contribution in [3.63, 3.8) is 0 Å². The van der Waals surface area contributed by atoms with Crippen molar-refractivity contribution >= 4 is 22.6 Å². The zero-order chi connectivity index (χ0) is 21.7. The first kappa shape index (κ1) is 21.3. The van der Waals surface area contributed by atoms with E-state index in [0.29, 0.717) is 24.4 Å². The highest BCUT2D eigenvalue weighted by atomic mass is 16.5. The number of fused-ring (bicyclic) bond motifs is 1. The van der Waals surface area contributed by atoms with E-state index in [9.17, 15) is 10.1 Å². The molecule has 6 nitrogen and oxygen atoms in total. The molecule has 0 saturated heterocycles. The predicted molar refractivity (Wildman–Crippen MR) is 121 cm³/mol. The fourth-order valence-electron chi connectivity index (χ4n) is 3.61. The molecule has 1 heterocycles. The zero-order valence-electron chi connectivity index (χ0n) is 18.0. The van der Waals surface area contributed by atoms with Gasteiger partial charge in [0.15, 0.2) is 0 Å². The third-order valence-electron chi connectivity index (χ3n) is 4.87. The smallest absolute Gasteiger partial charge is 0.319 e. The van der Waals surface area contributed by atoms with Gasteiger partial charge in [-0.1, -0.05) is 19.1 Å². The number of rotatable bonds is 7. The van der Waals surface area contributed by atoms with Gasteiger partial charge >= 0.3 is 6.03 Å². The molecule has 0 aliphatic heterocycles. The number of nitriles is 1. The first-order valence-electron chi connectivity index (χ1n) is 10.4. The van der Waals surface area contributed by atoms with E-state index < -0.39 is 0 Å². The Kier molecular flexibility index (Phi) is 6.63. The minimum absolute atomic E-state index is 0.152. The molecular formula is C24H28N4O2. The summed E-state index contributed by atoms with van der Waals surface area (Å²) in [5.41, 5.74) is 4.12. The van der Waals surface area contributed by atoms with Crippen LogP contribution in [0.3, 0.4) is 0 Å². The maximum Gasteiger partial charge on any atom is 0.319 e. The lowest BCUT2D eigenvalue weighted by atomic mass is 10.1. The van der Waals surface area contributed by atoms with Crippen LogP contribution < -0.4 is 15.4 Å². The van der Waals surface area contributed by atoms with Gasteiger partial charge < -0.3 is 19.9 Å². The quantitative estimate of drug-likeness (QED) is 0.531. The lowest BCUT2D eigenvalue weighted by molar-refractivity contribution is 0.252. The number of nitrogens with one attached hydrogen (secondary N) is 2. The second-order valence-corrected chi connectivity index (χ2v) is 7.37. The van der Waals surface area contributed by atoms with E-state index in [4.69, 9.17) is 4.74 Å². The third kappa shape index (κ3) is 4.25. The Morgan fingerprint density at radius 2 is 1.90 bits per heavy atom. The summed E-state index contributed by atoms with van der Waals surface area (Å²) in [5, 5.41) is 16.5. The highest BCUT2D eigenvalue weighted by molar-refractivity contribution is 5.96. The van der Waals surface area contributed by atoms with E-state index in [1.54, 1.807) is 0 Å². The van der Waals surface area contributed by atoms with Crippen molar-refractivity contribution in [1.29, 1.82) is 5.26 Å². The molecule has 2 N–H and O–H groups in total. The molecule has 3 rings (SSSR count). The monoisotopic (exact) mass is 404 g/mol. The Hall–Kier alpha value is -3.46. The topological polar surface area (TPSA) is 79.1 Å². The Balaban J connectivity index is 2.05. The number of hydrogen-bond acceptors (Lipinski definition) is 3. The second kappa shape index (κ2) is 9.36. The molecule has 1 aromatic heterocycles. The van der Waals surface area contributed by atoms with E-state index in [-0.39, 0.29) is 12.1 Å². The van der Waals surface area contributed by atoms with Crippen molar-refractivity contribution in [3.05, 3.63) is 48.0 Å². The summed E-state index contributed by atoms with van der Waals surface area (Å²) in [6, 6.07) is 15.8. The van der Waals surface area contributed by atoms with Crippen molar-refractivity contribution in [2.45, 2.75) is 40.2 Å². The van der Waals surface area contributed by atoms with Crippen LogP contribution in [0.4, 0.5) is 10.5 Å². The summed E-state index contributed by atoms with van der Waals surface area (Å²) < 4.78 is 7.85. The molecule has 156 valence electrons. The van der Waals surface area contributed by atoms with Crippen LogP contribution in [-0.2, 0) is 0 Å². The number of carbonyl (C=O) groups excluding carboxylic acids is 1. The maximum absolute atomic E-state index is 11.9. The molecule has 6 heteroatoms. The largest absolute Gasteiger partial charge is 0.494 e. The molecule has 0 aliphatic rings. The molecule has 0 fully saturated rings. The fourth-order valence-corrected chi connectivity index (χ4v) is 3.61. The highest BCUT2D eigenvalue weighted by Crippen LogP contribution is 2.37. The summed E-state index contributed by atoms with van der Waals surface area (Å²) in [6.07, 6.45) is 0.883. The Bertz CT molecular complexity index is 1080. The van der Waals surface area contributed by atoms with Crippen LogP contribution in [-0.4, -0.2) is 23.7 Å². The molecule has 30 heavy (non-hydrogen) atoms. The van der Waals surface area contributed by atoms with Crippen LogP contribution >= 0.6 is 0 Å². The molecule has 3 aromatic rings. The molecule has 0 radical (unpaired) electrons. The number of ether oxygens (including phenoxy) is 1. The van der Waals surface area contributed by atoms with E-state index >= 15 is 0 Å². The van der Waals surface area contributed by atoms with Gasteiger partial charge in [-0.2, -0.15) is 5.26 Å². The summed E-state index contributed by atoms with van der Waals surface area (Å²) >= 11 is 0. The van der Waals surface area contributed by atoms with E-state index in [1.807, 2.05) is 56.3 Å².